The Morgan fingerprint density at radius 1 is 1.29 bits per heavy atom. The van der Waals surface area contributed by atoms with Gasteiger partial charge in [0.25, 0.3) is 0 Å². The van der Waals surface area contributed by atoms with Crippen molar-refractivity contribution in [3.63, 3.8) is 0 Å². The van der Waals surface area contributed by atoms with E-state index in [9.17, 15) is 4.79 Å². The Labute approximate surface area is 130 Å². The van der Waals surface area contributed by atoms with Crippen molar-refractivity contribution in [3.05, 3.63) is 11.6 Å². The summed E-state index contributed by atoms with van der Waals surface area (Å²) in [4.78, 5) is 10.6. The van der Waals surface area contributed by atoms with Crippen molar-refractivity contribution in [2.45, 2.75) is 78.2 Å². The lowest BCUT2D eigenvalue weighted by Gasteiger charge is -2.22. The van der Waals surface area contributed by atoms with E-state index in [2.05, 4.69) is 19.9 Å². The van der Waals surface area contributed by atoms with Gasteiger partial charge in [0, 0.05) is 19.4 Å². The van der Waals surface area contributed by atoms with E-state index >= 15 is 0 Å². The van der Waals surface area contributed by atoms with Crippen LogP contribution >= 0.6 is 0 Å². The minimum absolute atomic E-state index is 0.169. The highest BCUT2D eigenvalue weighted by Crippen LogP contribution is 2.33. The third-order valence-electron chi connectivity index (χ3n) is 4.27. The molecule has 0 saturated carbocycles. The van der Waals surface area contributed by atoms with Crippen LogP contribution < -0.4 is 0 Å². The minimum atomic E-state index is -0.169. The second kappa shape index (κ2) is 10.8. The van der Waals surface area contributed by atoms with Crippen LogP contribution in [-0.2, 0) is 14.3 Å². The molecule has 1 aliphatic carbocycles. The predicted octanol–water partition coefficient (Wildman–Crippen LogP) is 4.65. The van der Waals surface area contributed by atoms with Crippen LogP contribution in [0.25, 0.3) is 0 Å². The number of carbonyl (C=O) groups excluding carboxylic acids is 1. The van der Waals surface area contributed by atoms with E-state index in [4.69, 9.17) is 9.47 Å². The van der Waals surface area contributed by atoms with Gasteiger partial charge in [-0.1, -0.05) is 30.9 Å². The molecule has 0 N–H and O–H groups in total. The fourth-order valence-corrected chi connectivity index (χ4v) is 3.17. The van der Waals surface area contributed by atoms with Gasteiger partial charge in [-0.15, -0.1) is 0 Å². The van der Waals surface area contributed by atoms with Crippen LogP contribution in [0.3, 0.4) is 0 Å². The predicted molar refractivity (Wildman–Crippen MR) is 86.2 cm³/mol. The number of esters is 1. The maximum absolute atomic E-state index is 10.6. The number of hydrogen-bond acceptors (Lipinski definition) is 3. The third kappa shape index (κ3) is 7.66. The SMILES string of the molecule is CCO[C@H](C)C1CCC=C1CCCCCCCOC(C)=O. The molecule has 3 heteroatoms. The molecule has 0 aliphatic heterocycles. The van der Waals surface area contributed by atoms with Gasteiger partial charge in [-0.3, -0.25) is 4.79 Å². The molecule has 1 aliphatic rings. The molecule has 0 spiro atoms. The first-order chi connectivity index (χ1) is 10.1. The standard InChI is InChI=1S/C18H32O3/c1-4-20-15(2)18-13-10-12-17(18)11-8-6-5-7-9-14-21-16(3)19/h12,15,18H,4-11,13-14H2,1-3H3/t15-,18?/m1/s1. The Kier molecular flexibility index (Phi) is 9.40. The van der Waals surface area contributed by atoms with Gasteiger partial charge in [0.2, 0.25) is 0 Å². The first-order valence-electron chi connectivity index (χ1n) is 8.59. The second-order valence-electron chi connectivity index (χ2n) is 5.98. The lowest BCUT2D eigenvalue weighted by atomic mass is 9.92. The average Bonchev–Trinajstić information content (AvgIpc) is 2.90. The monoisotopic (exact) mass is 296 g/mol. The quantitative estimate of drug-likeness (QED) is 0.316. The maximum Gasteiger partial charge on any atom is 0.302 e. The summed E-state index contributed by atoms with van der Waals surface area (Å²) in [6, 6.07) is 0. The van der Waals surface area contributed by atoms with Gasteiger partial charge in [-0.25, -0.2) is 0 Å². The van der Waals surface area contributed by atoms with Gasteiger partial charge in [0.05, 0.1) is 12.7 Å². The van der Waals surface area contributed by atoms with E-state index in [-0.39, 0.29) is 5.97 Å². The highest BCUT2D eigenvalue weighted by Gasteiger charge is 2.24. The zero-order valence-electron chi connectivity index (χ0n) is 14.0. The molecule has 3 nitrogen and oxygen atoms in total. The van der Waals surface area contributed by atoms with Crippen molar-refractivity contribution >= 4 is 5.97 Å². The molecule has 0 saturated heterocycles. The molecule has 1 unspecified atom stereocenters. The second-order valence-corrected chi connectivity index (χ2v) is 5.98. The van der Waals surface area contributed by atoms with Gasteiger partial charge in [0.15, 0.2) is 0 Å². The van der Waals surface area contributed by atoms with E-state index in [1.807, 2.05) is 0 Å². The van der Waals surface area contributed by atoms with Gasteiger partial charge in [0.1, 0.15) is 0 Å². The Bertz CT molecular complexity index is 322. The molecule has 2 atom stereocenters. The number of rotatable bonds is 11. The summed E-state index contributed by atoms with van der Waals surface area (Å²) in [5.74, 6) is 0.478. The molecule has 21 heavy (non-hydrogen) atoms. The zero-order chi connectivity index (χ0) is 15.5. The van der Waals surface area contributed by atoms with Crippen LogP contribution in [0.15, 0.2) is 11.6 Å². The summed E-state index contributed by atoms with van der Waals surface area (Å²) in [7, 11) is 0. The van der Waals surface area contributed by atoms with Crippen molar-refractivity contribution in [1.29, 1.82) is 0 Å². The smallest absolute Gasteiger partial charge is 0.302 e. The molecular formula is C18H32O3. The Morgan fingerprint density at radius 3 is 2.71 bits per heavy atom. The van der Waals surface area contributed by atoms with Crippen molar-refractivity contribution in [1.82, 2.24) is 0 Å². The molecule has 0 heterocycles. The molecule has 0 aromatic carbocycles. The van der Waals surface area contributed by atoms with Crippen molar-refractivity contribution in [2.75, 3.05) is 13.2 Å². The van der Waals surface area contributed by atoms with E-state index in [1.165, 1.54) is 45.4 Å². The number of ether oxygens (including phenoxy) is 2. The first-order valence-corrected chi connectivity index (χ1v) is 8.59. The Balaban J connectivity index is 2.05. The Hall–Kier alpha value is -0.830. The van der Waals surface area contributed by atoms with E-state index in [1.54, 1.807) is 5.57 Å². The molecular weight excluding hydrogens is 264 g/mol. The fraction of sp³-hybridized carbons (Fsp3) is 0.833. The molecule has 0 aromatic heterocycles. The van der Waals surface area contributed by atoms with Crippen molar-refractivity contribution in [3.8, 4) is 0 Å². The first kappa shape index (κ1) is 18.2. The molecule has 1 rings (SSSR count). The number of unbranched alkanes of at least 4 members (excludes halogenated alkanes) is 4. The van der Waals surface area contributed by atoms with Crippen molar-refractivity contribution < 1.29 is 14.3 Å². The van der Waals surface area contributed by atoms with Gasteiger partial charge >= 0.3 is 5.97 Å². The molecule has 0 bridgehead atoms. The van der Waals surface area contributed by atoms with Gasteiger partial charge < -0.3 is 9.47 Å². The summed E-state index contributed by atoms with van der Waals surface area (Å²) in [5.41, 5.74) is 1.62. The molecule has 122 valence electrons. The molecule has 0 radical (unpaired) electrons. The van der Waals surface area contributed by atoms with Gasteiger partial charge in [-0.2, -0.15) is 0 Å². The van der Waals surface area contributed by atoms with Gasteiger partial charge in [-0.05, 0) is 46.0 Å². The maximum atomic E-state index is 10.6. The topological polar surface area (TPSA) is 35.5 Å². The summed E-state index contributed by atoms with van der Waals surface area (Å²) in [6.07, 6.45) is 12.4. The number of carbonyl (C=O) groups is 1. The molecule has 0 fully saturated rings. The average molecular weight is 296 g/mol. The zero-order valence-corrected chi connectivity index (χ0v) is 14.0. The largest absolute Gasteiger partial charge is 0.466 e. The van der Waals surface area contributed by atoms with E-state index in [0.717, 1.165) is 19.4 Å². The van der Waals surface area contributed by atoms with Crippen LogP contribution in [0, 0.1) is 5.92 Å². The minimum Gasteiger partial charge on any atom is -0.466 e. The highest BCUT2D eigenvalue weighted by atomic mass is 16.5. The number of hydrogen-bond donors (Lipinski definition) is 0. The van der Waals surface area contributed by atoms with Crippen LogP contribution in [-0.4, -0.2) is 25.3 Å². The third-order valence-corrected chi connectivity index (χ3v) is 4.27. The normalized spacial score (nSPS) is 19.4. The fourth-order valence-electron chi connectivity index (χ4n) is 3.17. The summed E-state index contributed by atoms with van der Waals surface area (Å²) in [6.45, 7) is 7.14. The summed E-state index contributed by atoms with van der Waals surface area (Å²) >= 11 is 0. The van der Waals surface area contributed by atoms with Crippen LogP contribution in [0.1, 0.15) is 72.1 Å². The van der Waals surface area contributed by atoms with E-state index in [0.29, 0.717) is 18.6 Å². The molecule has 0 aromatic rings. The lowest BCUT2D eigenvalue weighted by molar-refractivity contribution is -0.141. The summed E-state index contributed by atoms with van der Waals surface area (Å²) in [5, 5.41) is 0. The van der Waals surface area contributed by atoms with Crippen LogP contribution in [0.4, 0.5) is 0 Å². The van der Waals surface area contributed by atoms with Crippen molar-refractivity contribution in [2.24, 2.45) is 5.92 Å². The highest BCUT2D eigenvalue weighted by molar-refractivity contribution is 5.65. The number of allylic oxidation sites excluding steroid dienone is 1. The van der Waals surface area contributed by atoms with Crippen LogP contribution in [0.5, 0.6) is 0 Å². The molecule has 0 amide bonds. The summed E-state index contributed by atoms with van der Waals surface area (Å²) < 4.78 is 10.7. The Morgan fingerprint density at radius 2 is 2.00 bits per heavy atom. The van der Waals surface area contributed by atoms with Crippen LogP contribution in [0.2, 0.25) is 0 Å². The van der Waals surface area contributed by atoms with E-state index < -0.39 is 0 Å². The lowest BCUT2D eigenvalue weighted by Crippen LogP contribution is -2.20.